The summed E-state index contributed by atoms with van der Waals surface area (Å²) in [6.07, 6.45) is 4.16. The van der Waals surface area contributed by atoms with E-state index in [2.05, 4.69) is 34.6 Å². The summed E-state index contributed by atoms with van der Waals surface area (Å²) in [6, 6.07) is 0. The summed E-state index contributed by atoms with van der Waals surface area (Å²) in [4.78, 5) is 24.1. The van der Waals surface area contributed by atoms with E-state index in [9.17, 15) is 9.59 Å². The molecule has 24 heavy (non-hydrogen) atoms. The number of ether oxygens (including phenoxy) is 2. The van der Waals surface area contributed by atoms with E-state index in [1.54, 1.807) is 0 Å². The zero-order chi connectivity index (χ0) is 17.7. The number of hydrogen-bond donors (Lipinski definition) is 0. The predicted molar refractivity (Wildman–Crippen MR) is 91.0 cm³/mol. The third-order valence-electron chi connectivity index (χ3n) is 5.97. The van der Waals surface area contributed by atoms with Crippen LogP contribution in [0.15, 0.2) is 22.3 Å². The van der Waals surface area contributed by atoms with Crippen LogP contribution in [0.4, 0.5) is 0 Å². The molecule has 0 aromatic heterocycles. The Balaban J connectivity index is 2.25. The lowest BCUT2D eigenvalue weighted by atomic mass is 9.58. The normalized spacial score (nSPS) is 28.6. The molecule has 0 bridgehead atoms. The van der Waals surface area contributed by atoms with Crippen LogP contribution in [0.3, 0.4) is 0 Å². The van der Waals surface area contributed by atoms with Gasteiger partial charge in [-0.05, 0) is 55.1 Å². The van der Waals surface area contributed by atoms with Crippen LogP contribution in [0.2, 0.25) is 0 Å². The highest BCUT2D eigenvalue weighted by atomic mass is 16.7. The molecule has 3 rings (SSSR count). The van der Waals surface area contributed by atoms with E-state index in [1.807, 2.05) is 0 Å². The second kappa shape index (κ2) is 5.75. The van der Waals surface area contributed by atoms with E-state index in [0.717, 1.165) is 31.3 Å². The Labute approximate surface area is 144 Å². The summed E-state index contributed by atoms with van der Waals surface area (Å²) in [5.74, 6) is -1.71. The smallest absolute Gasteiger partial charge is 0.320 e. The lowest BCUT2D eigenvalue weighted by Gasteiger charge is -2.52. The van der Waals surface area contributed by atoms with E-state index < -0.39 is 17.7 Å². The molecular formula is C20H28O4. The average Bonchev–Trinajstić information content (AvgIpc) is 2.45. The Morgan fingerprint density at radius 1 is 1.08 bits per heavy atom. The molecule has 4 nitrogen and oxygen atoms in total. The molecular weight excluding hydrogens is 304 g/mol. The van der Waals surface area contributed by atoms with Crippen LogP contribution in [-0.2, 0) is 19.1 Å². The molecule has 0 radical (unpaired) electrons. The SMILES string of the molecule is CCC1=C(C)CCC2C1=C(CC)C1(CC2(C)C)OC(=O)CC(=O)O1. The number of esters is 2. The molecule has 0 amide bonds. The number of carbonyl (C=O) groups excluding carboxylic acids is 2. The van der Waals surface area contributed by atoms with Gasteiger partial charge in [0.25, 0.3) is 5.79 Å². The van der Waals surface area contributed by atoms with Crippen LogP contribution in [0.1, 0.15) is 73.1 Å². The van der Waals surface area contributed by atoms with Crippen LogP contribution >= 0.6 is 0 Å². The molecule has 1 aliphatic heterocycles. The molecule has 0 aromatic carbocycles. The van der Waals surface area contributed by atoms with E-state index in [0.29, 0.717) is 12.3 Å². The second-order valence-electron chi connectivity index (χ2n) is 7.99. The standard InChI is InChI=1S/C20H28O4/c1-6-13-12(3)8-9-15-18(13)14(7-2)20(11-19(15,4)5)23-16(21)10-17(22)24-20/h15H,6-11H2,1-5H3. The van der Waals surface area contributed by atoms with Crippen LogP contribution in [-0.4, -0.2) is 17.7 Å². The molecule has 1 saturated heterocycles. The molecule has 0 saturated carbocycles. The van der Waals surface area contributed by atoms with Gasteiger partial charge >= 0.3 is 11.9 Å². The highest BCUT2D eigenvalue weighted by molar-refractivity contribution is 5.93. The van der Waals surface area contributed by atoms with Crippen molar-refractivity contribution in [1.82, 2.24) is 0 Å². The third-order valence-corrected chi connectivity index (χ3v) is 5.97. The average molecular weight is 332 g/mol. The summed E-state index contributed by atoms with van der Waals surface area (Å²) < 4.78 is 11.5. The van der Waals surface area contributed by atoms with Crippen molar-refractivity contribution in [3.63, 3.8) is 0 Å². The summed E-state index contributed by atoms with van der Waals surface area (Å²) >= 11 is 0. The molecule has 1 atom stereocenters. The van der Waals surface area contributed by atoms with Gasteiger partial charge in [-0.25, -0.2) is 0 Å². The van der Waals surface area contributed by atoms with Crippen LogP contribution in [0, 0.1) is 11.3 Å². The first-order valence-electron chi connectivity index (χ1n) is 9.10. The highest BCUT2D eigenvalue weighted by Gasteiger charge is 2.57. The van der Waals surface area contributed by atoms with Crippen molar-refractivity contribution in [2.45, 2.75) is 78.9 Å². The van der Waals surface area contributed by atoms with Crippen LogP contribution in [0.25, 0.3) is 0 Å². The Bertz CT molecular complexity index is 635. The minimum atomic E-state index is -1.20. The third kappa shape index (κ3) is 2.51. The summed E-state index contributed by atoms with van der Waals surface area (Å²) in [6.45, 7) is 10.8. The van der Waals surface area contributed by atoms with Crippen LogP contribution < -0.4 is 0 Å². The van der Waals surface area contributed by atoms with E-state index >= 15 is 0 Å². The lowest BCUT2D eigenvalue weighted by molar-refractivity contribution is -0.244. The number of carbonyl (C=O) groups is 2. The molecule has 0 aromatic rings. The van der Waals surface area contributed by atoms with Gasteiger partial charge in [0.1, 0.15) is 6.42 Å². The minimum Gasteiger partial charge on any atom is -0.418 e. The molecule has 1 unspecified atom stereocenters. The van der Waals surface area contributed by atoms with Gasteiger partial charge in [0.2, 0.25) is 0 Å². The lowest BCUT2D eigenvalue weighted by Crippen LogP contribution is -2.54. The molecule has 4 heteroatoms. The van der Waals surface area contributed by atoms with Gasteiger partial charge < -0.3 is 9.47 Å². The van der Waals surface area contributed by atoms with E-state index in [1.165, 1.54) is 16.7 Å². The zero-order valence-electron chi connectivity index (χ0n) is 15.5. The Hall–Kier alpha value is -1.58. The maximum Gasteiger partial charge on any atom is 0.320 e. The van der Waals surface area contributed by atoms with Crippen molar-refractivity contribution in [3.05, 3.63) is 22.3 Å². The Kier molecular flexibility index (Phi) is 4.13. The molecule has 0 N–H and O–H groups in total. The highest BCUT2D eigenvalue weighted by Crippen LogP contribution is 2.57. The second-order valence-corrected chi connectivity index (χ2v) is 7.99. The van der Waals surface area contributed by atoms with Crippen molar-refractivity contribution >= 4 is 11.9 Å². The van der Waals surface area contributed by atoms with E-state index in [-0.39, 0.29) is 11.8 Å². The maximum atomic E-state index is 12.0. The fourth-order valence-electron chi connectivity index (χ4n) is 5.03. The fraction of sp³-hybridized carbons (Fsp3) is 0.700. The summed E-state index contributed by atoms with van der Waals surface area (Å²) in [5.41, 5.74) is 4.99. The van der Waals surface area contributed by atoms with Crippen LogP contribution in [0.5, 0.6) is 0 Å². The minimum absolute atomic E-state index is 0.0903. The molecule has 2 aliphatic carbocycles. The Morgan fingerprint density at radius 2 is 1.71 bits per heavy atom. The fourth-order valence-corrected chi connectivity index (χ4v) is 5.03. The van der Waals surface area contributed by atoms with Gasteiger partial charge in [0.05, 0.1) is 0 Å². The van der Waals surface area contributed by atoms with Crippen molar-refractivity contribution < 1.29 is 19.1 Å². The predicted octanol–water partition coefficient (Wildman–Crippen LogP) is 4.45. The van der Waals surface area contributed by atoms with Gasteiger partial charge in [-0.2, -0.15) is 0 Å². The summed E-state index contributed by atoms with van der Waals surface area (Å²) in [5, 5.41) is 0. The number of allylic oxidation sites excluding steroid dienone is 3. The Morgan fingerprint density at radius 3 is 2.25 bits per heavy atom. The molecule has 3 aliphatic rings. The zero-order valence-corrected chi connectivity index (χ0v) is 15.5. The first-order chi connectivity index (χ1) is 11.2. The van der Waals surface area contributed by atoms with Crippen molar-refractivity contribution in [2.75, 3.05) is 0 Å². The first-order valence-corrected chi connectivity index (χ1v) is 9.10. The number of fused-ring (bicyclic) bond motifs is 1. The van der Waals surface area contributed by atoms with Crippen molar-refractivity contribution in [1.29, 1.82) is 0 Å². The maximum absolute atomic E-state index is 12.0. The molecule has 132 valence electrons. The van der Waals surface area contributed by atoms with Gasteiger partial charge in [-0.1, -0.05) is 33.3 Å². The van der Waals surface area contributed by atoms with E-state index in [4.69, 9.17) is 9.47 Å². The van der Waals surface area contributed by atoms with Crippen molar-refractivity contribution in [3.8, 4) is 0 Å². The van der Waals surface area contributed by atoms with Crippen molar-refractivity contribution in [2.24, 2.45) is 11.3 Å². The van der Waals surface area contributed by atoms with Gasteiger partial charge in [0.15, 0.2) is 0 Å². The number of hydrogen-bond acceptors (Lipinski definition) is 4. The van der Waals surface area contributed by atoms with Gasteiger partial charge in [-0.15, -0.1) is 0 Å². The van der Waals surface area contributed by atoms with Gasteiger partial charge in [-0.3, -0.25) is 9.59 Å². The first kappa shape index (κ1) is 17.2. The molecule has 1 fully saturated rings. The summed E-state index contributed by atoms with van der Waals surface area (Å²) in [7, 11) is 0. The quantitative estimate of drug-likeness (QED) is 0.554. The molecule has 1 spiro atoms. The largest absolute Gasteiger partial charge is 0.418 e. The number of rotatable bonds is 2. The monoisotopic (exact) mass is 332 g/mol. The van der Waals surface area contributed by atoms with Gasteiger partial charge in [0, 0.05) is 12.0 Å². The molecule has 1 heterocycles. The topological polar surface area (TPSA) is 52.6 Å².